The van der Waals surface area contributed by atoms with Crippen molar-refractivity contribution in [3.05, 3.63) is 68.9 Å². The Morgan fingerprint density at radius 2 is 1.79 bits per heavy atom. The van der Waals surface area contributed by atoms with Crippen LogP contribution < -0.4 is 5.73 Å². The number of hydrogen-bond donors (Lipinski definition) is 3. The Kier molecular flexibility index (Phi) is 12.7. The largest absolute Gasteiger partial charge is 0.478 e. The van der Waals surface area contributed by atoms with Crippen molar-refractivity contribution in [2.24, 2.45) is 5.73 Å². The number of ether oxygens (including phenoxy) is 2. The van der Waals surface area contributed by atoms with E-state index in [0.717, 1.165) is 0 Å². The fourth-order valence-corrected chi connectivity index (χ4v) is 4.46. The molecule has 0 saturated carbocycles. The monoisotopic (exact) mass is 551 g/mol. The molecule has 1 aliphatic rings. The lowest BCUT2D eigenvalue weighted by atomic mass is 9.88. The minimum Gasteiger partial charge on any atom is -0.478 e. The molecule has 1 unspecified atom stereocenters. The molecule has 0 radical (unpaired) electrons. The number of nitro benzene ring substituents is 1. The number of rotatable bonds is 10. The number of allylic oxidation sites excluding steroid dienone is 1. The second-order valence-electron chi connectivity index (χ2n) is 7.40. The molecule has 1 aliphatic heterocycles. The molecule has 206 valence electrons. The van der Waals surface area contributed by atoms with E-state index in [1.54, 1.807) is 31.9 Å². The molecule has 1 atom stereocenters. The van der Waals surface area contributed by atoms with Gasteiger partial charge in [0.15, 0.2) is 0 Å². The number of thioether (sulfide) groups is 1. The van der Waals surface area contributed by atoms with Crippen LogP contribution in [0.25, 0.3) is 5.57 Å². The van der Waals surface area contributed by atoms with Gasteiger partial charge in [-0.1, -0.05) is 12.1 Å². The Labute approximate surface area is 222 Å². The number of carboxylic acids is 2. The lowest BCUT2D eigenvalue weighted by Gasteiger charge is -2.38. The molecule has 14 heteroatoms. The van der Waals surface area contributed by atoms with E-state index in [1.165, 1.54) is 37.1 Å². The third-order valence-corrected chi connectivity index (χ3v) is 6.34. The van der Waals surface area contributed by atoms with Gasteiger partial charge >= 0.3 is 23.9 Å². The highest BCUT2D eigenvalue weighted by atomic mass is 32.2. The van der Waals surface area contributed by atoms with Crippen LogP contribution >= 0.6 is 11.8 Å². The highest BCUT2D eigenvalue weighted by Crippen LogP contribution is 2.42. The van der Waals surface area contributed by atoms with E-state index >= 15 is 0 Å². The molecule has 0 aromatic heterocycles. The Morgan fingerprint density at radius 1 is 1.18 bits per heavy atom. The maximum atomic E-state index is 13.0. The fourth-order valence-electron chi connectivity index (χ4n) is 3.34. The molecule has 1 aromatic carbocycles. The lowest BCUT2D eigenvalue weighted by Crippen LogP contribution is -2.39. The minimum atomic E-state index is -1.26. The van der Waals surface area contributed by atoms with Gasteiger partial charge in [-0.2, -0.15) is 0 Å². The topological polar surface area (TPSA) is 200 Å². The zero-order valence-corrected chi connectivity index (χ0v) is 22.0. The van der Waals surface area contributed by atoms with Gasteiger partial charge in [-0.05, 0) is 19.4 Å². The summed E-state index contributed by atoms with van der Waals surface area (Å²) < 4.78 is 10.3. The van der Waals surface area contributed by atoms with Crippen LogP contribution in [0.15, 0.2) is 53.3 Å². The molecule has 13 nitrogen and oxygen atoms in total. The van der Waals surface area contributed by atoms with Gasteiger partial charge in [0.1, 0.15) is 5.37 Å². The number of carboxylic acid groups (broad SMARTS) is 2. The van der Waals surface area contributed by atoms with E-state index in [9.17, 15) is 29.3 Å². The fraction of sp³-hybridized carbons (Fsp3) is 0.333. The summed E-state index contributed by atoms with van der Waals surface area (Å²) in [6, 6.07) is 5.81. The molecule has 0 saturated heterocycles. The zero-order chi connectivity index (χ0) is 29.0. The lowest BCUT2D eigenvalue weighted by molar-refractivity contribution is -0.384. The second-order valence-corrected chi connectivity index (χ2v) is 8.59. The van der Waals surface area contributed by atoms with Crippen molar-refractivity contribution >= 4 is 46.9 Å². The predicted molar refractivity (Wildman–Crippen MR) is 139 cm³/mol. The zero-order valence-electron chi connectivity index (χ0n) is 21.2. The van der Waals surface area contributed by atoms with Crippen molar-refractivity contribution < 1.29 is 43.8 Å². The Morgan fingerprint density at radius 3 is 2.26 bits per heavy atom. The molecule has 1 heterocycles. The standard InChI is InChI=1S/C20H25N3O6S.C4H4O4/c1-5-29-20(25)17-16(13-7-6-8-14(11-13)23(26)27)15(19(24)28-4)12(2)22(3)18(17)30-10-9-21;5-3(6)1-2-4(7)8/h6-8,11,18H,5,9-10,21H2,1-4H3;1-2H,(H,5,6)(H,7,8)/b;2-1+. The molecular formula is C24H29N3O10S. The minimum absolute atomic E-state index is 0.138. The number of nitrogens with zero attached hydrogens (tertiary/aromatic N) is 2. The molecule has 1 aromatic rings. The molecular weight excluding hydrogens is 522 g/mol. The van der Waals surface area contributed by atoms with Crippen molar-refractivity contribution in [1.82, 2.24) is 4.90 Å². The first kappa shape index (κ1) is 31.9. The number of nitro groups is 1. The molecule has 0 bridgehead atoms. The first-order chi connectivity index (χ1) is 17.9. The number of likely N-dealkylation sites (N-methyl/N-ethyl adjacent to an activating group) is 1. The smallest absolute Gasteiger partial charge is 0.340 e. The van der Waals surface area contributed by atoms with E-state index in [2.05, 4.69) is 0 Å². The summed E-state index contributed by atoms with van der Waals surface area (Å²) in [7, 11) is 3.00. The summed E-state index contributed by atoms with van der Waals surface area (Å²) in [6.07, 6.45) is 1.12. The van der Waals surface area contributed by atoms with Gasteiger partial charge in [0, 0.05) is 54.9 Å². The van der Waals surface area contributed by atoms with Crippen LogP contribution in [0.5, 0.6) is 0 Å². The van der Waals surface area contributed by atoms with Crippen LogP contribution in [0.4, 0.5) is 5.69 Å². The summed E-state index contributed by atoms with van der Waals surface area (Å²) in [5.74, 6) is -3.21. The average Bonchev–Trinajstić information content (AvgIpc) is 2.88. The number of hydrogen-bond acceptors (Lipinski definition) is 11. The maximum absolute atomic E-state index is 13.0. The first-order valence-corrected chi connectivity index (χ1v) is 12.1. The van der Waals surface area contributed by atoms with Crippen LogP contribution in [0, 0.1) is 10.1 Å². The van der Waals surface area contributed by atoms with E-state index in [1.807, 2.05) is 0 Å². The Hall–Kier alpha value is -4.17. The van der Waals surface area contributed by atoms with Crippen molar-refractivity contribution in [2.75, 3.05) is 33.1 Å². The van der Waals surface area contributed by atoms with Crippen molar-refractivity contribution in [3.8, 4) is 0 Å². The molecule has 0 amide bonds. The van der Waals surface area contributed by atoms with Crippen molar-refractivity contribution in [3.63, 3.8) is 0 Å². The molecule has 4 N–H and O–H groups in total. The molecule has 0 fully saturated rings. The highest BCUT2D eigenvalue weighted by molar-refractivity contribution is 8.00. The van der Waals surface area contributed by atoms with Crippen molar-refractivity contribution in [1.29, 1.82) is 0 Å². The van der Waals surface area contributed by atoms with Gasteiger partial charge in [0.05, 0.1) is 29.8 Å². The summed E-state index contributed by atoms with van der Waals surface area (Å²) in [4.78, 5) is 57.4. The summed E-state index contributed by atoms with van der Waals surface area (Å²) >= 11 is 1.42. The van der Waals surface area contributed by atoms with E-state index < -0.39 is 34.2 Å². The molecule has 38 heavy (non-hydrogen) atoms. The number of carbonyl (C=O) groups excluding carboxylic acids is 2. The van der Waals surface area contributed by atoms with Gasteiger partial charge in [0.25, 0.3) is 5.69 Å². The predicted octanol–water partition coefficient (Wildman–Crippen LogP) is 2.03. The van der Waals surface area contributed by atoms with E-state index in [0.29, 0.717) is 35.7 Å². The van der Waals surface area contributed by atoms with Gasteiger partial charge in [-0.25, -0.2) is 19.2 Å². The van der Waals surface area contributed by atoms with Crippen molar-refractivity contribution in [2.45, 2.75) is 19.2 Å². The highest BCUT2D eigenvalue weighted by Gasteiger charge is 2.39. The summed E-state index contributed by atoms with van der Waals surface area (Å²) in [6.45, 7) is 3.95. The van der Waals surface area contributed by atoms with Crippen LogP contribution in [0.2, 0.25) is 0 Å². The van der Waals surface area contributed by atoms with E-state index in [4.69, 9.17) is 25.4 Å². The van der Waals surface area contributed by atoms with Crippen LogP contribution in [-0.2, 0) is 28.7 Å². The Balaban J connectivity index is 0.000000781. The number of aliphatic carboxylic acids is 2. The second kappa shape index (κ2) is 15.2. The number of carbonyl (C=O) groups is 4. The van der Waals surface area contributed by atoms with Gasteiger partial charge < -0.3 is 30.3 Å². The number of non-ortho nitro benzene ring substituents is 1. The SMILES string of the molecule is CCOC(=O)C1=C(c2cccc([N+](=O)[O-])c2)C(C(=O)OC)=C(C)N(C)C1SCCN.O=C(O)/C=C/C(=O)O. The Bertz CT molecular complexity index is 1160. The third kappa shape index (κ3) is 8.45. The van der Waals surface area contributed by atoms with Crippen LogP contribution in [0.1, 0.15) is 19.4 Å². The molecule has 0 spiro atoms. The quantitative estimate of drug-likeness (QED) is 0.165. The van der Waals surface area contributed by atoms with Gasteiger partial charge in [0.2, 0.25) is 0 Å². The number of methoxy groups -OCH3 is 1. The molecule has 2 rings (SSSR count). The van der Waals surface area contributed by atoms with E-state index in [-0.39, 0.29) is 29.0 Å². The number of nitrogens with two attached hydrogens (primary N) is 1. The number of esters is 2. The molecule has 0 aliphatic carbocycles. The first-order valence-electron chi connectivity index (χ1n) is 11.0. The maximum Gasteiger partial charge on any atom is 0.340 e. The normalized spacial score (nSPS) is 15.1. The van der Waals surface area contributed by atoms with Gasteiger partial charge in [-0.3, -0.25) is 10.1 Å². The van der Waals surface area contributed by atoms with Gasteiger partial charge in [-0.15, -0.1) is 11.8 Å². The summed E-state index contributed by atoms with van der Waals surface area (Å²) in [5, 5.41) is 26.4. The number of benzene rings is 1. The average molecular weight is 552 g/mol. The van der Waals surface area contributed by atoms with Crippen LogP contribution in [0.3, 0.4) is 0 Å². The van der Waals surface area contributed by atoms with Crippen LogP contribution in [-0.4, -0.2) is 82.3 Å². The third-order valence-electron chi connectivity index (χ3n) is 5.00. The summed E-state index contributed by atoms with van der Waals surface area (Å²) in [5.41, 5.74) is 7.11.